The highest BCUT2D eigenvalue weighted by atomic mass is 32.2. The molecule has 1 unspecified atom stereocenters. The van der Waals surface area contributed by atoms with Crippen molar-refractivity contribution in [2.75, 3.05) is 32.7 Å². The van der Waals surface area contributed by atoms with Crippen LogP contribution in [0.25, 0.3) is 11.0 Å². The van der Waals surface area contributed by atoms with Gasteiger partial charge in [-0.1, -0.05) is 32.5 Å². The smallest absolute Gasteiger partial charge is 0.332 e. The van der Waals surface area contributed by atoms with Crippen molar-refractivity contribution < 1.29 is 4.79 Å². The first-order valence-electron chi connectivity index (χ1n) is 10.8. The van der Waals surface area contributed by atoms with E-state index in [1.165, 1.54) is 23.4 Å². The third-order valence-electron chi connectivity index (χ3n) is 5.58. The van der Waals surface area contributed by atoms with Crippen molar-refractivity contribution in [3.05, 3.63) is 26.7 Å². The molecule has 1 aliphatic heterocycles. The van der Waals surface area contributed by atoms with Crippen LogP contribution in [0.1, 0.15) is 33.5 Å². The van der Waals surface area contributed by atoms with Crippen LogP contribution in [0.4, 0.5) is 0 Å². The van der Waals surface area contributed by atoms with E-state index in [9.17, 15) is 14.4 Å². The molecule has 0 radical (unpaired) electrons. The fraction of sp³-hybridized carbons (Fsp3) is 0.667. The molecule has 2 aromatic heterocycles. The molecule has 0 saturated carbocycles. The Bertz CT molecular complexity index is 1090. The fourth-order valence-corrected chi connectivity index (χ4v) is 4.88. The number of nitrogens with zero attached hydrogens (tertiary/aromatic N) is 6. The van der Waals surface area contributed by atoms with Gasteiger partial charge >= 0.3 is 5.69 Å². The SMILES string of the molecule is CCN1CCN(C(=O)C(C)Sc2nc(C)nc3c2c(=O)n(C)c(=O)n3CC(C)C)CC1. The second-order valence-corrected chi connectivity index (χ2v) is 9.77. The van der Waals surface area contributed by atoms with Gasteiger partial charge in [0.1, 0.15) is 16.2 Å². The molecular formula is C21H32N6O3S. The topological polar surface area (TPSA) is 93.3 Å². The molecular weight excluding hydrogens is 416 g/mol. The van der Waals surface area contributed by atoms with Gasteiger partial charge in [-0.15, -0.1) is 0 Å². The number of amides is 1. The zero-order valence-corrected chi connectivity index (χ0v) is 20.0. The second kappa shape index (κ2) is 9.52. The number of hydrogen-bond donors (Lipinski definition) is 0. The molecule has 9 nitrogen and oxygen atoms in total. The molecule has 0 aliphatic carbocycles. The number of aryl methyl sites for hydroxylation is 1. The molecule has 1 atom stereocenters. The van der Waals surface area contributed by atoms with Gasteiger partial charge in [-0.3, -0.25) is 18.7 Å². The van der Waals surface area contributed by atoms with Crippen LogP contribution in [-0.4, -0.2) is 72.8 Å². The summed E-state index contributed by atoms with van der Waals surface area (Å²) in [6.07, 6.45) is 0. The standard InChI is InChI=1S/C21H32N6O3S/c1-7-25-8-10-26(11-9-25)19(28)14(4)31-18-16-17(22-15(5)23-18)27(12-13(2)3)21(30)24(6)20(16)29/h13-14H,7-12H2,1-6H3. The summed E-state index contributed by atoms with van der Waals surface area (Å²) in [5.41, 5.74) is -0.482. The van der Waals surface area contributed by atoms with Crippen molar-refractivity contribution in [3.8, 4) is 0 Å². The van der Waals surface area contributed by atoms with Crippen molar-refractivity contribution in [1.82, 2.24) is 28.9 Å². The molecule has 0 aromatic carbocycles. The molecule has 3 rings (SSSR count). The number of likely N-dealkylation sites (N-methyl/N-ethyl adjacent to an activating group) is 1. The van der Waals surface area contributed by atoms with Gasteiger partial charge in [0, 0.05) is 39.8 Å². The van der Waals surface area contributed by atoms with E-state index >= 15 is 0 Å². The number of carbonyl (C=O) groups excluding carboxylic acids is 1. The molecule has 170 valence electrons. The Morgan fingerprint density at radius 3 is 2.32 bits per heavy atom. The minimum Gasteiger partial charge on any atom is -0.339 e. The molecule has 1 fully saturated rings. The first-order chi connectivity index (χ1) is 14.6. The van der Waals surface area contributed by atoms with Crippen LogP contribution in [-0.2, 0) is 18.4 Å². The number of rotatable bonds is 6. The summed E-state index contributed by atoms with van der Waals surface area (Å²) in [6.45, 7) is 14.3. The van der Waals surface area contributed by atoms with Crippen molar-refractivity contribution >= 4 is 28.7 Å². The van der Waals surface area contributed by atoms with Crippen LogP contribution in [0.3, 0.4) is 0 Å². The summed E-state index contributed by atoms with van der Waals surface area (Å²) in [6, 6.07) is 0. The van der Waals surface area contributed by atoms with E-state index in [2.05, 4.69) is 21.8 Å². The molecule has 3 heterocycles. The Labute approximate surface area is 186 Å². The number of carbonyl (C=O) groups is 1. The van der Waals surface area contributed by atoms with E-state index in [1.54, 1.807) is 6.92 Å². The summed E-state index contributed by atoms with van der Waals surface area (Å²) in [4.78, 5) is 51.9. The highest BCUT2D eigenvalue weighted by molar-refractivity contribution is 8.00. The van der Waals surface area contributed by atoms with Crippen LogP contribution < -0.4 is 11.2 Å². The molecule has 31 heavy (non-hydrogen) atoms. The molecule has 10 heteroatoms. The molecule has 1 aliphatic rings. The predicted octanol–water partition coefficient (Wildman–Crippen LogP) is 1.10. The highest BCUT2D eigenvalue weighted by Crippen LogP contribution is 2.28. The summed E-state index contributed by atoms with van der Waals surface area (Å²) in [5, 5.41) is 0.350. The van der Waals surface area contributed by atoms with Crippen molar-refractivity contribution in [2.24, 2.45) is 13.0 Å². The van der Waals surface area contributed by atoms with E-state index in [-0.39, 0.29) is 11.8 Å². The van der Waals surface area contributed by atoms with Crippen LogP contribution in [0.2, 0.25) is 0 Å². The summed E-state index contributed by atoms with van der Waals surface area (Å²) < 4.78 is 2.64. The average Bonchev–Trinajstić information content (AvgIpc) is 2.74. The van der Waals surface area contributed by atoms with Crippen molar-refractivity contribution in [1.29, 1.82) is 0 Å². The minimum atomic E-state index is -0.432. The molecule has 0 bridgehead atoms. The molecule has 0 spiro atoms. The first-order valence-corrected chi connectivity index (χ1v) is 11.7. The van der Waals surface area contributed by atoms with E-state index in [4.69, 9.17) is 0 Å². The van der Waals surface area contributed by atoms with E-state index < -0.39 is 16.5 Å². The Kier molecular flexibility index (Phi) is 7.20. The normalized spacial score (nSPS) is 16.3. The maximum atomic E-state index is 13.0. The van der Waals surface area contributed by atoms with Crippen molar-refractivity contribution in [3.63, 3.8) is 0 Å². The van der Waals surface area contributed by atoms with Gasteiger partial charge in [0.2, 0.25) is 5.91 Å². The van der Waals surface area contributed by atoms with Gasteiger partial charge in [-0.2, -0.15) is 0 Å². The summed E-state index contributed by atoms with van der Waals surface area (Å²) in [7, 11) is 1.47. The lowest BCUT2D eigenvalue weighted by atomic mass is 10.2. The second-order valence-electron chi connectivity index (χ2n) is 8.45. The van der Waals surface area contributed by atoms with Gasteiger partial charge in [-0.05, 0) is 26.3 Å². The van der Waals surface area contributed by atoms with E-state index in [0.29, 0.717) is 41.5 Å². The number of aromatic nitrogens is 4. The van der Waals surface area contributed by atoms with Crippen LogP contribution in [0.5, 0.6) is 0 Å². The Hall–Kier alpha value is -2.20. The average molecular weight is 449 g/mol. The molecule has 2 aromatic rings. The van der Waals surface area contributed by atoms with Crippen LogP contribution in [0, 0.1) is 12.8 Å². The van der Waals surface area contributed by atoms with Crippen molar-refractivity contribution in [2.45, 2.75) is 51.4 Å². The lowest BCUT2D eigenvalue weighted by Crippen LogP contribution is -2.50. The Morgan fingerprint density at radius 2 is 1.74 bits per heavy atom. The van der Waals surface area contributed by atoms with E-state index in [1.807, 2.05) is 25.7 Å². The molecule has 1 saturated heterocycles. The van der Waals surface area contributed by atoms with Gasteiger partial charge in [0.05, 0.1) is 5.25 Å². The number of thioether (sulfide) groups is 1. The first kappa shape index (κ1) is 23.5. The zero-order valence-electron chi connectivity index (χ0n) is 19.2. The molecule has 1 amide bonds. The van der Waals surface area contributed by atoms with Crippen LogP contribution in [0.15, 0.2) is 14.6 Å². The maximum Gasteiger partial charge on any atom is 0.332 e. The minimum absolute atomic E-state index is 0.0393. The van der Waals surface area contributed by atoms with Gasteiger partial charge < -0.3 is 9.80 Å². The highest BCUT2D eigenvalue weighted by Gasteiger charge is 2.27. The third-order valence-corrected chi connectivity index (χ3v) is 6.65. The predicted molar refractivity (Wildman–Crippen MR) is 123 cm³/mol. The summed E-state index contributed by atoms with van der Waals surface area (Å²) in [5.74, 6) is 0.709. The fourth-order valence-electron chi connectivity index (χ4n) is 3.82. The Balaban J connectivity index is 1.99. The molecule has 0 N–H and O–H groups in total. The number of hydrogen-bond acceptors (Lipinski definition) is 7. The van der Waals surface area contributed by atoms with Crippen LogP contribution >= 0.6 is 11.8 Å². The number of fused-ring (bicyclic) bond motifs is 1. The lowest BCUT2D eigenvalue weighted by Gasteiger charge is -2.35. The van der Waals surface area contributed by atoms with E-state index in [0.717, 1.165) is 24.2 Å². The quantitative estimate of drug-likeness (QED) is 0.483. The van der Waals surface area contributed by atoms with Gasteiger partial charge in [-0.25, -0.2) is 14.8 Å². The Morgan fingerprint density at radius 1 is 1.10 bits per heavy atom. The third kappa shape index (κ3) is 4.85. The van der Waals surface area contributed by atoms with Gasteiger partial charge in [0.15, 0.2) is 5.65 Å². The lowest BCUT2D eigenvalue weighted by molar-refractivity contribution is -0.132. The summed E-state index contributed by atoms with van der Waals surface area (Å²) >= 11 is 1.27. The monoisotopic (exact) mass is 448 g/mol. The number of piperazine rings is 1. The van der Waals surface area contributed by atoms with Gasteiger partial charge in [0.25, 0.3) is 5.56 Å². The zero-order chi connectivity index (χ0) is 22.9. The largest absolute Gasteiger partial charge is 0.339 e. The maximum absolute atomic E-state index is 13.0.